The zero-order valence-electron chi connectivity index (χ0n) is 15.1. The minimum absolute atomic E-state index is 0.207. The van der Waals surface area contributed by atoms with E-state index in [2.05, 4.69) is 31.9 Å². The Balaban J connectivity index is 1.40. The van der Waals surface area contributed by atoms with Crippen LogP contribution in [0.5, 0.6) is 0 Å². The Kier molecular flexibility index (Phi) is 4.30. The van der Waals surface area contributed by atoms with Crippen LogP contribution < -0.4 is 5.32 Å². The second-order valence-corrected chi connectivity index (χ2v) is 7.36. The number of carbonyl (C=O) groups is 1. The smallest absolute Gasteiger partial charge is 0.255 e. The van der Waals surface area contributed by atoms with Crippen molar-refractivity contribution in [3.63, 3.8) is 0 Å². The van der Waals surface area contributed by atoms with Crippen LogP contribution in [0.1, 0.15) is 10.4 Å². The summed E-state index contributed by atoms with van der Waals surface area (Å²) >= 11 is 1.63. The number of nitrogens with one attached hydrogen (secondary N) is 1. The molecule has 3 aromatic carbocycles. The van der Waals surface area contributed by atoms with Crippen LogP contribution in [-0.2, 0) is 0 Å². The number of carbonyl (C=O) groups excluding carboxylic acids is 1. The van der Waals surface area contributed by atoms with Gasteiger partial charge in [0.2, 0.25) is 0 Å². The molecule has 140 valence electrons. The molecule has 5 rings (SSSR count). The topological polar surface area (TPSA) is 85.6 Å². The Hall–Kier alpha value is -3.91. The van der Waals surface area contributed by atoms with E-state index in [1.54, 1.807) is 29.5 Å². The number of hydrogen-bond acceptors (Lipinski definition) is 6. The van der Waals surface area contributed by atoms with Crippen LogP contribution in [0.25, 0.3) is 26.5 Å². The number of anilines is 1. The van der Waals surface area contributed by atoms with Crippen molar-refractivity contribution < 1.29 is 4.79 Å². The Labute approximate surface area is 169 Å². The van der Waals surface area contributed by atoms with Gasteiger partial charge in [0.1, 0.15) is 11.3 Å². The normalized spacial score (nSPS) is 10.9. The highest BCUT2D eigenvalue weighted by molar-refractivity contribution is 7.21. The Morgan fingerprint density at radius 3 is 2.72 bits per heavy atom. The third kappa shape index (κ3) is 3.48. The molecule has 2 aromatic heterocycles. The average molecular weight is 398 g/mol. The van der Waals surface area contributed by atoms with Gasteiger partial charge in [0.25, 0.3) is 5.91 Å². The fourth-order valence-electron chi connectivity index (χ4n) is 3.00. The number of fused-ring (bicyclic) bond motifs is 1. The molecular weight excluding hydrogens is 384 g/mol. The van der Waals surface area contributed by atoms with Gasteiger partial charge in [-0.2, -0.15) is 0 Å². The maximum atomic E-state index is 12.7. The zero-order valence-corrected chi connectivity index (χ0v) is 15.9. The lowest BCUT2D eigenvalue weighted by Crippen LogP contribution is -2.12. The van der Waals surface area contributed by atoms with Crippen molar-refractivity contribution in [3.05, 3.63) is 84.7 Å². The molecule has 0 saturated carbocycles. The molecule has 1 N–H and O–H groups in total. The van der Waals surface area contributed by atoms with Gasteiger partial charge in [-0.25, -0.2) is 9.67 Å². The van der Waals surface area contributed by atoms with E-state index < -0.39 is 0 Å². The van der Waals surface area contributed by atoms with Gasteiger partial charge in [-0.05, 0) is 52.9 Å². The fourth-order valence-corrected chi connectivity index (χ4v) is 3.96. The number of rotatable bonds is 4. The maximum absolute atomic E-state index is 12.7. The van der Waals surface area contributed by atoms with E-state index in [1.807, 2.05) is 48.5 Å². The summed E-state index contributed by atoms with van der Waals surface area (Å²) in [6.07, 6.45) is 1.48. The molecule has 0 unspecified atom stereocenters. The van der Waals surface area contributed by atoms with Crippen molar-refractivity contribution in [1.29, 1.82) is 0 Å². The molecule has 0 fully saturated rings. The van der Waals surface area contributed by atoms with E-state index in [-0.39, 0.29) is 5.91 Å². The molecule has 0 saturated heterocycles. The standard InChI is InChI=1S/C21H14N6OS/c28-20(14-5-4-8-17(12-14)27-13-22-25-26-27)23-16-7-3-6-15(11-16)21-24-18-9-1-2-10-19(18)29-21/h1-13H,(H,23,28). The molecule has 0 radical (unpaired) electrons. The van der Waals surface area contributed by atoms with Gasteiger partial charge in [-0.15, -0.1) is 16.4 Å². The lowest BCUT2D eigenvalue weighted by Gasteiger charge is -2.08. The maximum Gasteiger partial charge on any atom is 0.255 e. The van der Waals surface area contributed by atoms with E-state index in [4.69, 9.17) is 0 Å². The van der Waals surface area contributed by atoms with Crippen molar-refractivity contribution >= 4 is 33.1 Å². The molecule has 0 aliphatic rings. The Morgan fingerprint density at radius 1 is 0.966 bits per heavy atom. The van der Waals surface area contributed by atoms with Gasteiger partial charge in [0.15, 0.2) is 0 Å². The molecule has 0 atom stereocenters. The predicted octanol–water partition coefficient (Wildman–Crippen LogP) is 4.19. The molecule has 0 spiro atoms. The van der Waals surface area contributed by atoms with E-state index in [1.165, 1.54) is 11.0 Å². The van der Waals surface area contributed by atoms with Crippen LogP contribution in [-0.4, -0.2) is 31.1 Å². The van der Waals surface area contributed by atoms with E-state index in [9.17, 15) is 4.79 Å². The van der Waals surface area contributed by atoms with Crippen LogP contribution >= 0.6 is 11.3 Å². The van der Waals surface area contributed by atoms with Gasteiger partial charge < -0.3 is 5.32 Å². The van der Waals surface area contributed by atoms with Gasteiger partial charge >= 0.3 is 0 Å². The molecule has 0 aliphatic carbocycles. The first-order valence-corrected chi connectivity index (χ1v) is 9.69. The Morgan fingerprint density at radius 2 is 1.86 bits per heavy atom. The number of hydrogen-bond donors (Lipinski definition) is 1. The number of tetrazole rings is 1. The average Bonchev–Trinajstić information content (AvgIpc) is 3.44. The molecule has 8 heteroatoms. The summed E-state index contributed by atoms with van der Waals surface area (Å²) in [6.45, 7) is 0. The molecule has 7 nitrogen and oxygen atoms in total. The largest absolute Gasteiger partial charge is 0.322 e. The lowest BCUT2D eigenvalue weighted by atomic mass is 10.1. The second-order valence-electron chi connectivity index (χ2n) is 6.33. The van der Waals surface area contributed by atoms with Crippen molar-refractivity contribution in [1.82, 2.24) is 25.2 Å². The van der Waals surface area contributed by atoms with Crippen LogP contribution in [0.3, 0.4) is 0 Å². The number of para-hydroxylation sites is 1. The molecule has 29 heavy (non-hydrogen) atoms. The number of thiazole rings is 1. The van der Waals surface area contributed by atoms with Crippen molar-refractivity contribution in [2.24, 2.45) is 0 Å². The summed E-state index contributed by atoms with van der Waals surface area (Å²) in [5.74, 6) is -0.207. The third-order valence-corrected chi connectivity index (χ3v) is 5.47. The van der Waals surface area contributed by atoms with Gasteiger partial charge in [-0.3, -0.25) is 4.79 Å². The summed E-state index contributed by atoms with van der Waals surface area (Å²) < 4.78 is 2.64. The van der Waals surface area contributed by atoms with E-state index in [0.717, 1.165) is 20.8 Å². The third-order valence-electron chi connectivity index (χ3n) is 4.38. The highest BCUT2D eigenvalue weighted by atomic mass is 32.1. The molecule has 1 amide bonds. The monoisotopic (exact) mass is 398 g/mol. The first kappa shape index (κ1) is 17.2. The van der Waals surface area contributed by atoms with Crippen molar-refractivity contribution in [3.8, 4) is 16.3 Å². The molecule has 0 aliphatic heterocycles. The number of nitrogens with zero attached hydrogens (tertiary/aromatic N) is 5. The summed E-state index contributed by atoms with van der Waals surface area (Å²) in [4.78, 5) is 17.4. The van der Waals surface area contributed by atoms with Crippen LogP contribution in [0.4, 0.5) is 5.69 Å². The van der Waals surface area contributed by atoms with Crippen LogP contribution in [0.15, 0.2) is 79.1 Å². The molecule has 2 heterocycles. The first-order chi connectivity index (χ1) is 14.3. The van der Waals surface area contributed by atoms with Gasteiger partial charge in [0, 0.05) is 16.8 Å². The summed E-state index contributed by atoms with van der Waals surface area (Å²) in [5, 5.41) is 15.0. The fraction of sp³-hybridized carbons (Fsp3) is 0. The first-order valence-electron chi connectivity index (χ1n) is 8.87. The molecule has 5 aromatic rings. The van der Waals surface area contributed by atoms with E-state index >= 15 is 0 Å². The number of benzene rings is 3. The number of amides is 1. The van der Waals surface area contributed by atoms with Crippen molar-refractivity contribution in [2.45, 2.75) is 0 Å². The van der Waals surface area contributed by atoms with Crippen LogP contribution in [0, 0.1) is 0 Å². The van der Waals surface area contributed by atoms with Crippen molar-refractivity contribution in [2.75, 3.05) is 5.32 Å². The predicted molar refractivity (Wildman–Crippen MR) is 112 cm³/mol. The quantitative estimate of drug-likeness (QED) is 0.491. The highest BCUT2D eigenvalue weighted by Crippen LogP contribution is 2.31. The second kappa shape index (κ2) is 7.25. The number of aromatic nitrogens is 5. The van der Waals surface area contributed by atoms with Gasteiger partial charge in [0.05, 0.1) is 15.9 Å². The summed E-state index contributed by atoms with van der Waals surface area (Å²) in [6, 6.07) is 22.9. The van der Waals surface area contributed by atoms with Crippen LogP contribution in [0.2, 0.25) is 0 Å². The minimum atomic E-state index is -0.207. The zero-order chi connectivity index (χ0) is 19.6. The molecule has 0 bridgehead atoms. The Bertz CT molecular complexity index is 1280. The van der Waals surface area contributed by atoms with Gasteiger partial charge in [-0.1, -0.05) is 30.3 Å². The highest BCUT2D eigenvalue weighted by Gasteiger charge is 2.10. The molecular formula is C21H14N6OS. The summed E-state index contributed by atoms with van der Waals surface area (Å²) in [5.41, 5.74) is 3.88. The minimum Gasteiger partial charge on any atom is -0.322 e. The SMILES string of the molecule is O=C(Nc1cccc(-c2nc3ccccc3s2)c1)c1cccc(-n2cnnn2)c1. The van der Waals surface area contributed by atoms with E-state index in [0.29, 0.717) is 16.9 Å². The lowest BCUT2D eigenvalue weighted by molar-refractivity contribution is 0.102. The summed E-state index contributed by atoms with van der Waals surface area (Å²) in [7, 11) is 0.